The van der Waals surface area contributed by atoms with Gasteiger partial charge in [0.1, 0.15) is 22.2 Å². The number of hydrogen-bond donors (Lipinski definition) is 2. The van der Waals surface area contributed by atoms with E-state index in [1.54, 1.807) is 73.7 Å². The molecule has 0 spiro atoms. The second-order valence-electron chi connectivity index (χ2n) is 8.52. The number of imide groups is 1. The second kappa shape index (κ2) is 10.6. The Morgan fingerprint density at radius 3 is 2.18 bits per heavy atom. The molecule has 5 rings (SSSR count). The first kappa shape index (κ1) is 24.8. The van der Waals surface area contributed by atoms with E-state index in [9.17, 15) is 14.4 Å². The van der Waals surface area contributed by atoms with Gasteiger partial charge in [-0.15, -0.1) is 0 Å². The fourth-order valence-electron chi connectivity index (χ4n) is 3.96. The third-order valence-electron chi connectivity index (χ3n) is 5.87. The fraction of sp³-hybridized carbons (Fsp3) is 0.0333. The summed E-state index contributed by atoms with van der Waals surface area (Å²) < 4.78 is 5.78. The third-order valence-corrected chi connectivity index (χ3v) is 6.22. The van der Waals surface area contributed by atoms with E-state index in [2.05, 4.69) is 10.6 Å². The summed E-state index contributed by atoms with van der Waals surface area (Å²) in [6.07, 6.45) is 0. The number of rotatable bonds is 7. The Labute approximate surface area is 224 Å². The van der Waals surface area contributed by atoms with E-state index in [-0.39, 0.29) is 16.6 Å². The molecule has 4 aromatic carbocycles. The van der Waals surface area contributed by atoms with Crippen molar-refractivity contribution in [3.05, 3.63) is 125 Å². The minimum atomic E-state index is -0.609. The van der Waals surface area contributed by atoms with Crippen LogP contribution in [0.2, 0.25) is 0 Å². The number of nitrogens with one attached hydrogen (secondary N) is 2. The molecule has 0 saturated carbocycles. The van der Waals surface area contributed by atoms with Gasteiger partial charge in [0.2, 0.25) is 0 Å². The number of amides is 3. The molecule has 7 nitrogen and oxygen atoms in total. The maximum absolute atomic E-state index is 13.1. The number of anilines is 3. The quantitative estimate of drug-likeness (QED) is 0.271. The van der Waals surface area contributed by atoms with Gasteiger partial charge in [0.25, 0.3) is 17.7 Å². The number of hydrogen-bond acceptors (Lipinski definition) is 5. The summed E-state index contributed by atoms with van der Waals surface area (Å²) in [7, 11) is 0. The highest BCUT2D eigenvalue weighted by Gasteiger charge is 2.39. The number of para-hydroxylation sites is 2. The van der Waals surface area contributed by atoms with E-state index in [4.69, 9.17) is 16.3 Å². The van der Waals surface area contributed by atoms with Gasteiger partial charge in [-0.05, 0) is 73.2 Å². The van der Waals surface area contributed by atoms with E-state index in [0.29, 0.717) is 34.1 Å². The van der Waals surface area contributed by atoms with Crippen LogP contribution in [-0.4, -0.2) is 17.7 Å². The summed E-state index contributed by atoms with van der Waals surface area (Å²) in [6.45, 7) is 1.81. The maximum atomic E-state index is 13.1. The lowest BCUT2D eigenvalue weighted by molar-refractivity contribution is -0.120. The summed E-state index contributed by atoms with van der Waals surface area (Å²) in [6, 6.07) is 30.0. The predicted molar refractivity (Wildman–Crippen MR) is 148 cm³/mol. The smallest absolute Gasteiger partial charge is 0.283 e. The average molecular weight is 524 g/mol. The van der Waals surface area contributed by atoms with Gasteiger partial charge in [0.05, 0.1) is 5.69 Å². The van der Waals surface area contributed by atoms with Crippen LogP contribution in [-0.2, 0) is 9.59 Å². The monoisotopic (exact) mass is 523 g/mol. The number of carbonyl (C=O) groups excluding carboxylic acids is 3. The number of aryl methyl sites for hydroxylation is 1. The summed E-state index contributed by atoms with van der Waals surface area (Å²) in [5.41, 5.74) is 2.55. The minimum absolute atomic E-state index is 0.0496. The molecule has 0 unspecified atom stereocenters. The van der Waals surface area contributed by atoms with Crippen LogP contribution >= 0.6 is 11.6 Å². The highest BCUT2D eigenvalue weighted by Crippen LogP contribution is 2.32. The first-order valence-electron chi connectivity index (χ1n) is 11.8. The molecule has 2 N–H and O–H groups in total. The fourth-order valence-corrected chi connectivity index (χ4v) is 4.17. The van der Waals surface area contributed by atoms with Crippen molar-refractivity contribution in [2.45, 2.75) is 6.92 Å². The van der Waals surface area contributed by atoms with Crippen LogP contribution in [0, 0.1) is 6.92 Å². The van der Waals surface area contributed by atoms with Crippen LogP contribution in [0.25, 0.3) is 0 Å². The first-order valence-corrected chi connectivity index (χ1v) is 12.1. The van der Waals surface area contributed by atoms with Crippen LogP contribution in [0.4, 0.5) is 17.1 Å². The second-order valence-corrected chi connectivity index (χ2v) is 8.90. The van der Waals surface area contributed by atoms with Gasteiger partial charge < -0.3 is 15.4 Å². The summed E-state index contributed by atoms with van der Waals surface area (Å²) >= 11 is 6.26. The highest BCUT2D eigenvalue weighted by atomic mass is 35.5. The van der Waals surface area contributed by atoms with Crippen molar-refractivity contribution in [1.82, 2.24) is 0 Å². The van der Waals surface area contributed by atoms with Crippen molar-refractivity contribution in [1.29, 1.82) is 0 Å². The molecule has 188 valence electrons. The van der Waals surface area contributed by atoms with Crippen LogP contribution in [0.5, 0.6) is 11.5 Å². The van der Waals surface area contributed by atoms with Gasteiger partial charge in [-0.25, -0.2) is 4.90 Å². The zero-order valence-electron chi connectivity index (χ0n) is 20.3. The largest absolute Gasteiger partial charge is 0.457 e. The van der Waals surface area contributed by atoms with Crippen molar-refractivity contribution >= 4 is 46.4 Å². The van der Waals surface area contributed by atoms with Crippen molar-refractivity contribution in [3.63, 3.8) is 0 Å². The SMILES string of the molecule is Cc1ccccc1N1C(=O)C(Cl)=C(Nc2cccc(C(=O)Nc3ccc(Oc4ccccc4)cc3)c2)C1=O. The molecule has 1 heterocycles. The topological polar surface area (TPSA) is 87.7 Å². The number of nitrogens with zero attached hydrogens (tertiary/aromatic N) is 1. The minimum Gasteiger partial charge on any atom is -0.457 e. The number of carbonyl (C=O) groups is 3. The van der Waals surface area contributed by atoms with Gasteiger partial charge in [0, 0.05) is 16.9 Å². The van der Waals surface area contributed by atoms with E-state index in [0.717, 1.165) is 10.5 Å². The van der Waals surface area contributed by atoms with Gasteiger partial charge in [-0.2, -0.15) is 0 Å². The number of halogens is 1. The van der Waals surface area contributed by atoms with Crippen LogP contribution in [0.15, 0.2) is 114 Å². The molecule has 4 aromatic rings. The first-order chi connectivity index (χ1) is 18.4. The Bertz CT molecular complexity index is 1570. The van der Waals surface area contributed by atoms with Gasteiger partial charge in [-0.1, -0.05) is 54.1 Å². The predicted octanol–water partition coefficient (Wildman–Crippen LogP) is 6.48. The molecule has 0 radical (unpaired) electrons. The standard InChI is InChI=1S/C30H22ClN3O4/c1-19-8-5-6-13-25(19)34-29(36)26(31)27(30(34)37)32-22-10-7-9-20(18-22)28(35)33-21-14-16-24(17-15-21)38-23-11-3-2-4-12-23/h2-18,32H,1H3,(H,33,35). The molecule has 0 atom stereocenters. The molecule has 0 bridgehead atoms. The molecule has 1 aliphatic rings. The van der Waals surface area contributed by atoms with Crippen molar-refractivity contribution in [2.75, 3.05) is 15.5 Å². The lowest BCUT2D eigenvalue weighted by Crippen LogP contribution is -2.32. The van der Waals surface area contributed by atoms with Crippen molar-refractivity contribution in [2.24, 2.45) is 0 Å². The third kappa shape index (κ3) is 5.14. The Hall–Kier alpha value is -4.88. The van der Waals surface area contributed by atoms with Crippen molar-refractivity contribution < 1.29 is 19.1 Å². The van der Waals surface area contributed by atoms with Gasteiger partial charge >= 0.3 is 0 Å². The lowest BCUT2D eigenvalue weighted by Gasteiger charge is -2.17. The maximum Gasteiger partial charge on any atom is 0.283 e. The molecule has 0 aliphatic carbocycles. The molecule has 3 amide bonds. The molecule has 8 heteroatoms. The molecule has 0 saturated heterocycles. The molecule has 38 heavy (non-hydrogen) atoms. The molecule has 0 aromatic heterocycles. The Kier molecular flexibility index (Phi) is 6.93. The number of benzene rings is 4. The van der Waals surface area contributed by atoms with E-state index < -0.39 is 11.8 Å². The molecule has 1 aliphatic heterocycles. The van der Waals surface area contributed by atoms with E-state index in [1.807, 2.05) is 36.4 Å². The zero-order chi connectivity index (χ0) is 26.6. The van der Waals surface area contributed by atoms with Gasteiger partial charge in [-0.3, -0.25) is 14.4 Å². The van der Waals surface area contributed by atoms with E-state index >= 15 is 0 Å². The lowest BCUT2D eigenvalue weighted by atomic mass is 10.1. The van der Waals surface area contributed by atoms with Crippen LogP contribution in [0.1, 0.15) is 15.9 Å². The highest BCUT2D eigenvalue weighted by molar-refractivity contribution is 6.53. The summed E-state index contributed by atoms with van der Waals surface area (Å²) in [5, 5.41) is 5.54. The van der Waals surface area contributed by atoms with Crippen molar-refractivity contribution in [3.8, 4) is 11.5 Å². The van der Waals surface area contributed by atoms with E-state index in [1.165, 1.54) is 0 Å². The Morgan fingerprint density at radius 1 is 0.763 bits per heavy atom. The summed E-state index contributed by atoms with van der Waals surface area (Å²) in [5.74, 6) is -0.167. The molecule has 0 fully saturated rings. The zero-order valence-corrected chi connectivity index (χ0v) is 21.0. The Morgan fingerprint density at radius 2 is 1.45 bits per heavy atom. The Balaban J connectivity index is 1.27. The normalized spacial score (nSPS) is 13.1. The average Bonchev–Trinajstić information content (AvgIpc) is 3.14. The van der Waals surface area contributed by atoms with Gasteiger partial charge in [0.15, 0.2) is 0 Å². The molecular formula is C30H22ClN3O4. The van der Waals surface area contributed by atoms with Crippen LogP contribution in [0.3, 0.4) is 0 Å². The van der Waals surface area contributed by atoms with Crippen LogP contribution < -0.4 is 20.3 Å². The number of ether oxygens (including phenoxy) is 1. The molecular weight excluding hydrogens is 502 g/mol. The summed E-state index contributed by atoms with van der Waals surface area (Å²) in [4.78, 5) is 39.8.